The summed E-state index contributed by atoms with van der Waals surface area (Å²) in [6.07, 6.45) is 0. The van der Waals surface area contributed by atoms with Crippen molar-refractivity contribution < 1.29 is 19.0 Å². The van der Waals surface area contributed by atoms with Gasteiger partial charge in [0.25, 0.3) is 0 Å². The van der Waals surface area contributed by atoms with Crippen LogP contribution < -0.4 is 19.5 Å². The molecule has 0 spiro atoms. The molecule has 5 nitrogen and oxygen atoms in total. The Kier molecular flexibility index (Phi) is 6.84. The average Bonchev–Trinajstić information content (AvgIpc) is 2.61. The van der Waals surface area contributed by atoms with Crippen molar-refractivity contribution in [1.29, 1.82) is 0 Å². The number of anilines is 1. The minimum atomic E-state index is -0.307. The fourth-order valence-corrected chi connectivity index (χ4v) is 3.29. The Morgan fingerprint density at radius 2 is 1.64 bits per heavy atom. The van der Waals surface area contributed by atoms with Gasteiger partial charge in [0.2, 0.25) is 5.91 Å². The number of carbonyl (C=O) groups excluding carboxylic acids is 1. The van der Waals surface area contributed by atoms with E-state index in [-0.39, 0.29) is 11.2 Å². The van der Waals surface area contributed by atoms with Crippen molar-refractivity contribution in [3.63, 3.8) is 0 Å². The number of nitrogens with one attached hydrogen (secondary N) is 1. The SMILES string of the molecule is COc1ccc(NC(=O)C(C)Sc2ccc(OC)c(OC)c2)cc1Cl. The van der Waals surface area contributed by atoms with E-state index < -0.39 is 0 Å². The van der Waals surface area contributed by atoms with Crippen LogP contribution in [0.2, 0.25) is 5.02 Å². The van der Waals surface area contributed by atoms with Gasteiger partial charge in [-0.15, -0.1) is 11.8 Å². The van der Waals surface area contributed by atoms with Crippen LogP contribution in [-0.2, 0) is 4.79 Å². The Hall–Kier alpha value is -2.05. The molecule has 0 radical (unpaired) electrons. The Morgan fingerprint density at radius 3 is 2.24 bits per heavy atom. The van der Waals surface area contributed by atoms with Crippen molar-refractivity contribution in [3.8, 4) is 17.2 Å². The van der Waals surface area contributed by atoms with E-state index in [0.29, 0.717) is 28.0 Å². The number of amides is 1. The van der Waals surface area contributed by atoms with E-state index in [9.17, 15) is 4.79 Å². The molecule has 1 amide bonds. The molecule has 2 aromatic carbocycles. The molecule has 0 heterocycles. The van der Waals surface area contributed by atoms with Gasteiger partial charge in [-0.25, -0.2) is 0 Å². The number of halogens is 1. The molecule has 7 heteroatoms. The third kappa shape index (κ3) is 4.96. The van der Waals surface area contributed by atoms with Gasteiger partial charge in [0, 0.05) is 10.6 Å². The summed E-state index contributed by atoms with van der Waals surface area (Å²) >= 11 is 7.50. The monoisotopic (exact) mass is 381 g/mol. The highest BCUT2D eigenvalue weighted by Crippen LogP contribution is 2.34. The number of hydrogen-bond acceptors (Lipinski definition) is 5. The lowest BCUT2D eigenvalue weighted by Crippen LogP contribution is -2.22. The number of methoxy groups -OCH3 is 3. The molecule has 0 aromatic heterocycles. The molecular weight excluding hydrogens is 362 g/mol. The summed E-state index contributed by atoms with van der Waals surface area (Å²) < 4.78 is 15.6. The van der Waals surface area contributed by atoms with Crippen LogP contribution in [0.5, 0.6) is 17.2 Å². The van der Waals surface area contributed by atoms with Crippen LogP contribution in [-0.4, -0.2) is 32.5 Å². The van der Waals surface area contributed by atoms with Gasteiger partial charge in [-0.1, -0.05) is 11.6 Å². The molecule has 1 N–H and O–H groups in total. The summed E-state index contributed by atoms with van der Waals surface area (Å²) in [5.74, 6) is 1.72. The molecule has 2 aromatic rings. The minimum absolute atomic E-state index is 0.124. The summed E-state index contributed by atoms with van der Waals surface area (Å²) in [6, 6.07) is 10.7. The van der Waals surface area contributed by atoms with Crippen molar-refractivity contribution in [2.75, 3.05) is 26.6 Å². The lowest BCUT2D eigenvalue weighted by Gasteiger charge is -2.14. The first kappa shape index (κ1) is 19.3. The van der Waals surface area contributed by atoms with E-state index in [0.717, 1.165) is 4.90 Å². The predicted molar refractivity (Wildman–Crippen MR) is 101 cm³/mol. The maximum atomic E-state index is 12.4. The standard InChI is InChI=1S/C18H20ClNO4S/c1-11(25-13-6-8-16(23-3)17(10-13)24-4)18(21)20-12-5-7-15(22-2)14(19)9-12/h5-11H,1-4H3,(H,20,21). The molecule has 1 atom stereocenters. The first-order valence-corrected chi connectivity index (χ1v) is 8.77. The zero-order valence-corrected chi connectivity index (χ0v) is 16.0. The largest absolute Gasteiger partial charge is 0.495 e. The number of benzene rings is 2. The van der Waals surface area contributed by atoms with Crippen LogP contribution in [0.15, 0.2) is 41.3 Å². The van der Waals surface area contributed by atoms with Gasteiger partial charge < -0.3 is 19.5 Å². The maximum Gasteiger partial charge on any atom is 0.237 e. The van der Waals surface area contributed by atoms with Crippen LogP contribution >= 0.6 is 23.4 Å². The number of carbonyl (C=O) groups is 1. The van der Waals surface area contributed by atoms with Crippen molar-refractivity contribution in [1.82, 2.24) is 0 Å². The van der Waals surface area contributed by atoms with Crippen LogP contribution in [0.25, 0.3) is 0 Å². The van der Waals surface area contributed by atoms with Gasteiger partial charge >= 0.3 is 0 Å². The van der Waals surface area contributed by atoms with E-state index in [1.54, 1.807) is 39.5 Å². The number of rotatable bonds is 7. The van der Waals surface area contributed by atoms with E-state index in [1.807, 2.05) is 25.1 Å². The highest BCUT2D eigenvalue weighted by Gasteiger charge is 2.16. The summed E-state index contributed by atoms with van der Waals surface area (Å²) in [5.41, 5.74) is 0.621. The Labute approximate surface area is 156 Å². The Morgan fingerprint density at radius 1 is 1.00 bits per heavy atom. The quantitative estimate of drug-likeness (QED) is 0.716. The molecule has 0 bridgehead atoms. The molecule has 0 saturated carbocycles. The Balaban J connectivity index is 2.04. The topological polar surface area (TPSA) is 56.8 Å². The fourth-order valence-electron chi connectivity index (χ4n) is 2.14. The second-order valence-electron chi connectivity index (χ2n) is 5.12. The van der Waals surface area contributed by atoms with Gasteiger partial charge in [-0.3, -0.25) is 4.79 Å². The summed E-state index contributed by atoms with van der Waals surface area (Å²) in [5, 5.41) is 2.99. The molecule has 0 saturated heterocycles. The molecule has 134 valence electrons. The van der Waals surface area contributed by atoms with E-state index in [4.69, 9.17) is 25.8 Å². The van der Waals surface area contributed by atoms with Crippen LogP contribution in [0.1, 0.15) is 6.92 Å². The molecule has 2 rings (SSSR count). The molecular formula is C18H20ClNO4S. The third-order valence-electron chi connectivity index (χ3n) is 3.46. The molecule has 0 aliphatic heterocycles. The molecule has 25 heavy (non-hydrogen) atoms. The van der Waals surface area contributed by atoms with E-state index in [2.05, 4.69) is 5.32 Å². The van der Waals surface area contributed by atoms with Crippen LogP contribution in [0.4, 0.5) is 5.69 Å². The highest BCUT2D eigenvalue weighted by atomic mass is 35.5. The Bertz CT molecular complexity index is 754. The van der Waals surface area contributed by atoms with Crippen LogP contribution in [0, 0.1) is 0 Å². The van der Waals surface area contributed by atoms with Crippen molar-refractivity contribution in [2.24, 2.45) is 0 Å². The lowest BCUT2D eigenvalue weighted by atomic mass is 10.3. The van der Waals surface area contributed by atoms with Gasteiger partial charge in [0.1, 0.15) is 5.75 Å². The van der Waals surface area contributed by atoms with Gasteiger partial charge in [-0.2, -0.15) is 0 Å². The summed E-state index contributed by atoms with van der Waals surface area (Å²) in [4.78, 5) is 13.3. The van der Waals surface area contributed by atoms with Gasteiger partial charge in [0.15, 0.2) is 11.5 Å². The first-order valence-electron chi connectivity index (χ1n) is 7.51. The summed E-state index contributed by atoms with van der Waals surface area (Å²) in [7, 11) is 4.71. The second kappa shape index (κ2) is 8.87. The van der Waals surface area contributed by atoms with Crippen molar-refractivity contribution in [3.05, 3.63) is 41.4 Å². The average molecular weight is 382 g/mol. The first-order chi connectivity index (χ1) is 12.0. The molecule has 1 unspecified atom stereocenters. The zero-order chi connectivity index (χ0) is 18.4. The van der Waals surface area contributed by atoms with E-state index >= 15 is 0 Å². The molecule has 0 aliphatic carbocycles. The minimum Gasteiger partial charge on any atom is -0.495 e. The van der Waals surface area contributed by atoms with Crippen molar-refractivity contribution >= 4 is 35.0 Å². The normalized spacial score (nSPS) is 11.6. The van der Waals surface area contributed by atoms with Gasteiger partial charge in [0.05, 0.1) is 31.6 Å². The van der Waals surface area contributed by atoms with Crippen LogP contribution in [0.3, 0.4) is 0 Å². The smallest absolute Gasteiger partial charge is 0.237 e. The lowest BCUT2D eigenvalue weighted by molar-refractivity contribution is -0.115. The van der Waals surface area contributed by atoms with Crippen molar-refractivity contribution in [2.45, 2.75) is 17.1 Å². The third-order valence-corrected chi connectivity index (χ3v) is 4.85. The number of thioether (sulfide) groups is 1. The zero-order valence-electron chi connectivity index (χ0n) is 14.5. The molecule has 0 aliphatic rings. The summed E-state index contributed by atoms with van der Waals surface area (Å²) in [6.45, 7) is 1.84. The number of hydrogen-bond donors (Lipinski definition) is 1. The van der Waals surface area contributed by atoms with E-state index in [1.165, 1.54) is 11.8 Å². The highest BCUT2D eigenvalue weighted by molar-refractivity contribution is 8.00. The molecule has 0 fully saturated rings. The van der Waals surface area contributed by atoms with Gasteiger partial charge in [-0.05, 0) is 43.3 Å². The second-order valence-corrected chi connectivity index (χ2v) is 6.94. The fraction of sp³-hybridized carbons (Fsp3) is 0.278. The number of ether oxygens (including phenoxy) is 3. The predicted octanol–water partition coefficient (Wildman–Crippen LogP) is 4.49. The maximum absolute atomic E-state index is 12.4.